The normalized spacial score (nSPS) is 23.4. The molecule has 29 heavy (non-hydrogen) atoms. The van der Waals surface area contributed by atoms with E-state index in [1.807, 2.05) is 34.6 Å². The Morgan fingerprint density at radius 3 is 2.31 bits per heavy atom. The molecule has 1 saturated heterocycles. The SMILES string of the molecule is Cc1cnncc1-c1cnc(O[C@@H](C)C2CC[N+](C(=O)O)(C(C)(C)C)CC2)cn1. The first-order valence-corrected chi connectivity index (χ1v) is 10.0. The molecule has 0 radical (unpaired) electrons. The minimum atomic E-state index is -0.744. The molecule has 2 aromatic heterocycles. The van der Waals surface area contributed by atoms with Crippen LogP contribution in [-0.4, -0.2) is 60.6 Å². The van der Waals surface area contributed by atoms with E-state index in [1.54, 1.807) is 24.8 Å². The maximum absolute atomic E-state index is 12.0. The second-order valence-corrected chi connectivity index (χ2v) is 8.85. The fraction of sp³-hybridized carbons (Fsp3) is 0.571. The third-order valence-electron chi connectivity index (χ3n) is 6.22. The van der Waals surface area contributed by atoms with E-state index in [9.17, 15) is 9.90 Å². The Morgan fingerprint density at radius 2 is 1.79 bits per heavy atom. The Labute approximate surface area is 171 Å². The molecule has 156 valence electrons. The number of rotatable bonds is 4. The van der Waals surface area contributed by atoms with Crippen LogP contribution in [0.4, 0.5) is 4.79 Å². The molecule has 0 aliphatic carbocycles. The van der Waals surface area contributed by atoms with Gasteiger partial charge in [-0.3, -0.25) is 0 Å². The van der Waals surface area contributed by atoms with Crippen LogP contribution in [-0.2, 0) is 0 Å². The number of quaternary nitrogens is 1. The summed E-state index contributed by atoms with van der Waals surface area (Å²) in [6.45, 7) is 11.2. The predicted octanol–water partition coefficient (Wildman–Crippen LogP) is 3.71. The number of hydrogen-bond acceptors (Lipinski definition) is 6. The van der Waals surface area contributed by atoms with E-state index in [0.717, 1.165) is 29.7 Å². The zero-order chi connectivity index (χ0) is 21.2. The predicted molar refractivity (Wildman–Crippen MR) is 108 cm³/mol. The minimum absolute atomic E-state index is 0.0598. The van der Waals surface area contributed by atoms with E-state index in [2.05, 4.69) is 20.2 Å². The summed E-state index contributed by atoms with van der Waals surface area (Å²) >= 11 is 0. The van der Waals surface area contributed by atoms with Gasteiger partial charge < -0.3 is 9.84 Å². The molecule has 0 aromatic carbocycles. The number of likely N-dealkylation sites (tertiary alicyclic amines) is 1. The maximum atomic E-state index is 12.0. The largest absolute Gasteiger partial charge is 0.513 e. The number of carboxylic acid groups (broad SMARTS) is 1. The Bertz CT molecular complexity index is 855. The summed E-state index contributed by atoms with van der Waals surface area (Å²) in [6.07, 6.45) is 7.48. The summed E-state index contributed by atoms with van der Waals surface area (Å²) in [6, 6.07) is 0. The first-order chi connectivity index (χ1) is 13.6. The van der Waals surface area contributed by atoms with Crippen molar-refractivity contribution in [3.63, 3.8) is 0 Å². The topological polar surface area (TPSA) is 98.1 Å². The summed E-state index contributed by atoms with van der Waals surface area (Å²) in [4.78, 5) is 20.8. The van der Waals surface area contributed by atoms with E-state index in [-0.39, 0.29) is 22.0 Å². The number of aromatic nitrogens is 4. The van der Waals surface area contributed by atoms with Crippen molar-refractivity contribution < 1.29 is 19.1 Å². The molecule has 1 aliphatic rings. The van der Waals surface area contributed by atoms with Crippen molar-refractivity contribution in [3.8, 4) is 17.1 Å². The van der Waals surface area contributed by atoms with Gasteiger partial charge in [0.15, 0.2) is 0 Å². The van der Waals surface area contributed by atoms with Gasteiger partial charge in [0.1, 0.15) is 11.6 Å². The third-order valence-corrected chi connectivity index (χ3v) is 6.22. The van der Waals surface area contributed by atoms with E-state index < -0.39 is 6.09 Å². The van der Waals surface area contributed by atoms with Crippen molar-refractivity contribution in [2.75, 3.05) is 13.1 Å². The zero-order valence-electron chi connectivity index (χ0n) is 17.8. The molecule has 0 saturated carbocycles. The number of piperidine rings is 1. The van der Waals surface area contributed by atoms with Gasteiger partial charge in [0.25, 0.3) is 0 Å². The maximum Gasteiger partial charge on any atom is 0.513 e. The van der Waals surface area contributed by atoms with Gasteiger partial charge in [0, 0.05) is 24.3 Å². The Morgan fingerprint density at radius 1 is 1.14 bits per heavy atom. The number of ether oxygens (including phenoxy) is 1. The summed E-state index contributed by atoms with van der Waals surface area (Å²) in [5.74, 6) is 0.761. The quantitative estimate of drug-likeness (QED) is 0.781. The Balaban J connectivity index is 1.64. The Kier molecular flexibility index (Phi) is 5.84. The van der Waals surface area contributed by atoms with Gasteiger partial charge >= 0.3 is 6.09 Å². The smallest absolute Gasteiger partial charge is 0.473 e. The molecule has 3 rings (SSSR count). The van der Waals surface area contributed by atoms with E-state index >= 15 is 0 Å². The first-order valence-electron chi connectivity index (χ1n) is 10.0. The van der Waals surface area contributed by atoms with Crippen LogP contribution in [0.25, 0.3) is 11.3 Å². The minimum Gasteiger partial charge on any atom is -0.473 e. The van der Waals surface area contributed by atoms with Crippen LogP contribution >= 0.6 is 0 Å². The Hall–Kier alpha value is -2.61. The van der Waals surface area contributed by atoms with Crippen LogP contribution in [0, 0.1) is 12.8 Å². The van der Waals surface area contributed by atoms with Gasteiger partial charge in [-0.1, -0.05) is 0 Å². The highest BCUT2D eigenvalue weighted by atomic mass is 16.5. The highest BCUT2D eigenvalue weighted by Crippen LogP contribution is 2.35. The van der Waals surface area contributed by atoms with Gasteiger partial charge in [-0.05, 0) is 40.2 Å². The van der Waals surface area contributed by atoms with Gasteiger partial charge in [0.05, 0.1) is 43.6 Å². The van der Waals surface area contributed by atoms with Crippen molar-refractivity contribution in [2.45, 2.75) is 59.1 Å². The lowest BCUT2D eigenvalue weighted by atomic mass is 9.87. The van der Waals surface area contributed by atoms with Gasteiger partial charge in [-0.2, -0.15) is 15.0 Å². The molecule has 1 amide bonds. The zero-order valence-corrected chi connectivity index (χ0v) is 17.8. The average molecular weight is 401 g/mol. The second kappa shape index (κ2) is 8.02. The molecule has 8 nitrogen and oxygen atoms in total. The number of amides is 1. The van der Waals surface area contributed by atoms with Crippen LogP contribution in [0.15, 0.2) is 24.8 Å². The second-order valence-electron chi connectivity index (χ2n) is 8.85. The van der Waals surface area contributed by atoms with Crippen LogP contribution in [0.1, 0.15) is 46.1 Å². The van der Waals surface area contributed by atoms with Crippen molar-refractivity contribution in [3.05, 3.63) is 30.4 Å². The number of hydrogen-bond donors (Lipinski definition) is 1. The number of aryl methyl sites for hydroxylation is 1. The molecule has 3 heterocycles. The lowest BCUT2D eigenvalue weighted by Crippen LogP contribution is -2.66. The lowest BCUT2D eigenvalue weighted by Gasteiger charge is -2.48. The highest BCUT2D eigenvalue weighted by molar-refractivity contribution is 5.60. The summed E-state index contributed by atoms with van der Waals surface area (Å²) in [7, 11) is 0. The van der Waals surface area contributed by atoms with Crippen LogP contribution in [0.5, 0.6) is 5.88 Å². The molecule has 0 bridgehead atoms. The number of nitrogens with zero attached hydrogens (tertiary/aromatic N) is 5. The van der Waals surface area contributed by atoms with Crippen LogP contribution < -0.4 is 4.74 Å². The lowest BCUT2D eigenvalue weighted by molar-refractivity contribution is -0.909. The molecule has 1 atom stereocenters. The highest BCUT2D eigenvalue weighted by Gasteiger charge is 2.50. The summed E-state index contributed by atoms with van der Waals surface area (Å²) in [5.41, 5.74) is 2.27. The van der Waals surface area contributed by atoms with E-state index in [4.69, 9.17) is 4.74 Å². The molecule has 1 N–H and O–H groups in total. The van der Waals surface area contributed by atoms with Gasteiger partial charge in [-0.15, -0.1) is 0 Å². The number of carbonyl (C=O) groups is 1. The first kappa shape index (κ1) is 21.1. The van der Waals surface area contributed by atoms with E-state index in [1.165, 1.54) is 0 Å². The van der Waals surface area contributed by atoms with Crippen molar-refractivity contribution in [1.29, 1.82) is 0 Å². The fourth-order valence-electron chi connectivity index (χ4n) is 4.10. The standard InChI is InChI=1S/C21H29N5O3/c1-14-10-24-25-11-17(14)18-12-23-19(13-22-18)29-15(2)16-6-8-26(9-7-16,20(27)28)21(3,4)5/h10-13,15-16H,6-9H2,1-5H3/p+1/t15-,16?,26?/m0/s1. The molecule has 0 spiro atoms. The molecular formula is C21H30N5O3+. The third kappa shape index (κ3) is 4.22. The van der Waals surface area contributed by atoms with Gasteiger partial charge in [0.2, 0.25) is 5.88 Å². The molecular weight excluding hydrogens is 370 g/mol. The molecule has 8 heteroatoms. The van der Waals surface area contributed by atoms with Crippen molar-refractivity contribution >= 4 is 6.09 Å². The summed E-state index contributed by atoms with van der Waals surface area (Å²) < 4.78 is 6.13. The van der Waals surface area contributed by atoms with Crippen LogP contribution in [0.2, 0.25) is 0 Å². The average Bonchev–Trinajstić information content (AvgIpc) is 2.68. The molecule has 1 aliphatic heterocycles. The molecule has 0 unspecified atom stereocenters. The van der Waals surface area contributed by atoms with Crippen LogP contribution in [0.3, 0.4) is 0 Å². The molecule has 1 fully saturated rings. The molecule has 2 aromatic rings. The van der Waals surface area contributed by atoms with Crippen molar-refractivity contribution in [1.82, 2.24) is 20.2 Å². The van der Waals surface area contributed by atoms with E-state index in [0.29, 0.717) is 19.0 Å². The van der Waals surface area contributed by atoms with Crippen molar-refractivity contribution in [2.24, 2.45) is 5.92 Å². The van der Waals surface area contributed by atoms with Gasteiger partial charge in [-0.25, -0.2) is 14.5 Å². The summed E-state index contributed by atoms with van der Waals surface area (Å²) in [5, 5.41) is 17.6. The fourth-order valence-corrected chi connectivity index (χ4v) is 4.10. The monoisotopic (exact) mass is 400 g/mol.